The highest BCUT2D eigenvalue weighted by Crippen LogP contribution is 2.18. The zero-order valence-electron chi connectivity index (χ0n) is 10.8. The topological polar surface area (TPSA) is 56.3 Å². The minimum atomic E-state index is -3.15. The predicted octanol–water partition coefficient (Wildman–Crippen LogP) is 2.69. The first-order chi connectivity index (χ1) is 8.99. The summed E-state index contributed by atoms with van der Waals surface area (Å²) in [6.07, 6.45) is 2.11. The molecule has 19 heavy (non-hydrogen) atoms. The third kappa shape index (κ3) is 3.78. The third-order valence-electron chi connectivity index (χ3n) is 2.54. The second-order valence-corrected chi connectivity index (χ2v) is 7.08. The molecular formula is C13H15NO3S2. The molecular weight excluding hydrogens is 282 g/mol. The minimum absolute atomic E-state index is 0.293. The van der Waals surface area contributed by atoms with Crippen LogP contribution in [0.3, 0.4) is 0 Å². The molecule has 4 nitrogen and oxygen atoms in total. The fourth-order valence-electron chi connectivity index (χ4n) is 1.52. The predicted molar refractivity (Wildman–Crippen MR) is 75.4 cm³/mol. The molecule has 6 heteroatoms. The molecule has 1 aromatic heterocycles. The van der Waals surface area contributed by atoms with Crippen LogP contribution in [0.15, 0.2) is 34.5 Å². The van der Waals surface area contributed by atoms with Crippen LogP contribution >= 0.6 is 11.3 Å². The van der Waals surface area contributed by atoms with Crippen LogP contribution in [0.25, 0.3) is 0 Å². The molecule has 0 saturated heterocycles. The zero-order chi connectivity index (χ0) is 13.9. The fraction of sp³-hybridized carbons (Fsp3) is 0.308. The lowest BCUT2D eigenvalue weighted by Gasteiger charge is -2.05. The number of hydrogen-bond acceptors (Lipinski definition) is 5. The maximum atomic E-state index is 11.3. The van der Waals surface area contributed by atoms with Gasteiger partial charge >= 0.3 is 0 Å². The van der Waals surface area contributed by atoms with Crippen molar-refractivity contribution in [2.45, 2.75) is 24.8 Å². The van der Waals surface area contributed by atoms with E-state index in [0.717, 1.165) is 17.1 Å². The van der Waals surface area contributed by atoms with E-state index in [1.54, 1.807) is 35.6 Å². The molecule has 0 atom stereocenters. The molecule has 0 aliphatic rings. The number of benzene rings is 1. The van der Waals surface area contributed by atoms with Gasteiger partial charge in [0.05, 0.1) is 15.6 Å². The number of rotatable bonds is 5. The van der Waals surface area contributed by atoms with E-state index >= 15 is 0 Å². The summed E-state index contributed by atoms with van der Waals surface area (Å²) in [6.45, 7) is 2.46. The van der Waals surface area contributed by atoms with E-state index in [1.807, 2.05) is 5.38 Å². The number of hydrogen-bond donors (Lipinski definition) is 0. The van der Waals surface area contributed by atoms with E-state index in [9.17, 15) is 8.42 Å². The van der Waals surface area contributed by atoms with E-state index in [0.29, 0.717) is 17.3 Å². The van der Waals surface area contributed by atoms with E-state index in [2.05, 4.69) is 11.9 Å². The Morgan fingerprint density at radius 3 is 2.47 bits per heavy atom. The molecule has 1 heterocycles. The van der Waals surface area contributed by atoms with Crippen molar-refractivity contribution in [3.63, 3.8) is 0 Å². The number of thiazole rings is 1. The standard InChI is InChI=1S/C13H15NO3S2/c1-3-13-14-10(9-18-13)8-17-11-4-6-12(7-5-11)19(2,15)16/h4-7,9H,3,8H2,1-2H3. The SMILES string of the molecule is CCc1nc(COc2ccc(S(C)(=O)=O)cc2)cs1. The van der Waals surface area contributed by atoms with Crippen LogP contribution in [0.5, 0.6) is 5.75 Å². The van der Waals surface area contributed by atoms with E-state index in [4.69, 9.17) is 4.74 Å². The van der Waals surface area contributed by atoms with Gasteiger partial charge in [-0.15, -0.1) is 11.3 Å². The van der Waals surface area contributed by atoms with Gasteiger partial charge in [0, 0.05) is 11.6 Å². The van der Waals surface area contributed by atoms with Crippen LogP contribution in [0.1, 0.15) is 17.6 Å². The van der Waals surface area contributed by atoms with Crippen molar-refractivity contribution in [1.29, 1.82) is 0 Å². The van der Waals surface area contributed by atoms with Gasteiger partial charge < -0.3 is 4.74 Å². The van der Waals surface area contributed by atoms with Crippen LogP contribution in [0.2, 0.25) is 0 Å². The van der Waals surface area contributed by atoms with Crippen LogP contribution in [0.4, 0.5) is 0 Å². The molecule has 0 spiro atoms. The van der Waals surface area contributed by atoms with Crippen LogP contribution in [-0.2, 0) is 22.9 Å². The molecule has 2 aromatic rings. The summed E-state index contributed by atoms with van der Waals surface area (Å²) < 4.78 is 28.2. The van der Waals surface area contributed by atoms with Gasteiger partial charge in [-0.2, -0.15) is 0 Å². The Morgan fingerprint density at radius 1 is 1.26 bits per heavy atom. The highest BCUT2D eigenvalue weighted by Gasteiger charge is 2.07. The van der Waals surface area contributed by atoms with Crippen molar-refractivity contribution in [2.24, 2.45) is 0 Å². The second kappa shape index (κ2) is 5.71. The summed E-state index contributed by atoms with van der Waals surface area (Å²) in [5, 5.41) is 3.06. The van der Waals surface area contributed by atoms with Gasteiger partial charge in [0.1, 0.15) is 12.4 Å². The van der Waals surface area contributed by atoms with Crippen LogP contribution in [0, 0.1) is 0 Å². The monoisotopic (exact) mass is 297 g/mol. The molecule has 0 aliphatic carbocycles. The lowest BCUT2D eigenvalue weighted by atomic mass is 10.3. The van der Waals surface area contributed by atoms with Crippen molar-refractivity contribution < 1.29 is 13.2 Å². The molecule has 0 aliphatic heterocycles. The summed E-state index contributed by atoms with van der Waals surface area (Å²) in [5.41, 5.74) is 0.897. The largest absolute Gasteiger partial charge is 0.487 e. The number of ether oxygens (including phenoxy) is 1. The number of aromatic nitrogens is 1. The number of nitrogens with zero attached hydrogens (tertiary/aromatic N) is 1. The Labute approximate surface area is 117 Å². The van der Waals surface area contributed by atoms with Gasteiger partial charge in [-0.25, -0.2) is 13.4 Å². The second-order valence-electron chi connectivity index (χ2n) is 4.12. The molecule has 0 bridgehead atoms. The first-order valence-electron chi connectivity index (χ1n) is 5.85. The van der Waals surface area contributed by atoms with Crippen molar-refractivity contribution in [3.05, 3.63) is 40.3 Å². The van der Waals surface area contributed by atoms with Crippen molar-refractivity contribution in [3.8, 4) is 5.75 Å². The molecule has 0 fully saturated rings. The van der Waals surface area contributed by atoms with Gasteiger partial charge in [0.15, 0.2) is 9.84 Å². The van der Waals surface area contributed by atoms with Gasteiger partial charge in [-0.1, -0.05) is 6.92 Å². The van der Waals surface area contributed by atoms with Crippen LogP contribution < -0.4 is 4.74 Å². The summed E-state index contributed by atoms with van der Waals surface area (Å²) in [6, 6.07) is 6.40. The van der Waals surface area contributed by atoms with E-state index in [1.165, 1.54) is 6.26 Å². The number of sulfone groups is 1. The van der Waals surface area contributed by atoms with Gasteiger partial charge in [-0.05, 0) is 30.7 Å². The molecule has 0 N–H and O–H groups in total. The molecule has 0 radical (unpaired) electrons. The zero-order valence-corrected chi connectivity index (χ0v) is 12.4. The molecule has 0 unspecified atom stereocenters. The van der Waals surface area contributed by atoms with Crippen molar-refractivity contribution in [1.82, 2.24) is 4.98 Å². The third-order valence-corrected chi connectivity index (χ3v) is 4.71. The molecule has 2 rings (SSSR count). The highest BCUT2D eigenvalue weighted by molar-refractivity contribution is 7.90. The molecule has 1 aromatic carbocycles. The smallest absolute Gasteiger partial charge is 0.175 e. The summed E-state index contributed by atoms with van der Waals surface area (Å²) in [4.78, 5) is 4.69. The molecule has 102 valence electrons. The van der Waals surface area contributed by atoms with Crippen LogP contribution in [-0.4, -0.2) is 19.7 Å². The first-order valence-corrected chi connectivity index (χ1v) is 8.62. The molecule has 0 saturated carbocycles. The maximum absolute atomic E-state index is 11.3. The average molecular weight is 297 g/mol. The lowest BCUT2D eigenvalue weighted by molar-refractivity contribution is 0.301. The average Bonchev–Trinajstić information content (AvgIpc) is 2.84. The fourth-order valence-corrected chi connectivity index (χ4v) is 2.88. The summed E-state index contributed by atoms with van der Waals surface area (Å²) >= 11 is 1.62. The van der Waals surface area contributed by atoms with Gasteiger partial charge in [0.25, 0.3) is 0 Å². The van der Waals surface area contributed by atoms with E-state index in [-0.39, 0.29) is 0 Å². The van der Waals surface area contributed by atoms with Crippen molar-refractivity contribution >= 4 is 21.2 Å². The minimum Gasteiger partial charge on any atom is -0.487 e. The summed E-state index contributed by atoms with van der Waals surface area (Å²) in [5.74, 6) is 0.637. The Balaban J connectivity index is 2.00. The summed E-state index contributed by atoms with van der Waals surface area (Å²) in [7, 11) is -3.15. The van der Waals surface area contributed by atoms with E-state index < -0.39 is 9.84 Å². The van der Waals surface area contributed by atoms with Crippen molar-refractivity contribution in [2.75, 3.05) is 6.26 Å². The Bertz CT molecular complexity index is 645. The Morgan fingerprint density at radius 2 is 1.95 bits per heavy atom. The van der Waals surface area contributed by atoms with Gasteiger partial charge in [0.2, 0.25) is 0 Å². The Hall–Kier alpha value is -1.40. The Kier molecular flexibility index (Phi) is 4.21. The number of aryl methyl sites for hydroxylation is 1. The highest BCUT2D eigenvalue weighted by atomic mass is 32.2. The normalized spacial score (nSPS) is 11.5. The maximum Gasteiger partial charge on any atom is 0.175 e. The lowest BCUT2D eigenvalue weighted by Crippen LogP contribution is -1.98. The quantitative estimate of drug-likeness (QED) is 0.851. The van der Waals surface area contributed by atoms with Gasteiger partial charge in [-0.3, -0.25) is 0 Å². The molecule has 0 amide bonds. The first kappa shape index (κ1) is 14.0.